The van der Waals surface area contributed by atoms with Crippen molar-refractivity contribution in [1.82, 2.24) is 4.98 Å². The van der Waals surface area contributed by atoms with Gasteiger partial charge in [0, 0.05) is 18.0 Å². The standard InChI is InChI=1S/C7H7N3.2ClH/c8-4-7(9)6-2-1-3-10-5-6;;/h1-3,5,7H,9H2;2*1H. The predicted octanol–water partition coefficient (Wildman–Crippen LogP) is 1.45. The Kier molecular flexibility index (Phi) is 7.86. The van der Waals surface area contributed by atoms with Crippen molar-refractivity contribution in [1.29, 1.82) is 5.26 Å². The van der Waals surface area contributed by atoms with Crippen LogP contribution in [0.15, 0.2) is 24.5 Å². The van der Waals surface area contributed by atoms with Gasteiger partial charge >= 0.3 is 0 Å². The lowest BCUT2D eigenvalue weighted by molar-refractivity contribution is 0.915. The summed E-state index contributed by atoms with van der Waals surface area (Å²) >= 11 is 0. The number of nitrogens with two attached hydrogens (primary N) is 1. The molecule has 0 aliphatic carbocycles. The Morgan fingerprint density at radius 3 is 2.58 bits per heavy atom. The number of pyridine rings is 1. The molecular weight excluding hydrogens is 197 g/mol. The maximum atomic E-state index is 8.39. The summed E-state index contributed by atoms with van der Waals surface area (Å²) in [6.07, 6.45) is 3.24. The molecule has 3 nitrogen and oxygen atoms in total. The second-order valence-corrected chi connectivity index (χ2v) is 1.89. The Morgan fingerprint density at radius 1 is 1.50 bits per heavy atom. The van der Waals surface area contributed by atoms with Gasteiger partial charge in [-0.2, -0.15) is 5.26 Å². The van der Waals surface area contributed by atoms with Gasteiger partial charge in [-0.3, -0.25) is 4.98 Å². The van der Waals surface area contributed by atoms with Gasteiger partial charge in [0.2, 0.25) is 0 Å². The highest BCUT2D eigenvalue weighted by Crippen LogP contribution is 2.04. The summed E-state index contributed by atoms with van der Waals surface area (Å²) in [4.78, 5) is 3.82. The molecule has 12 heavy (non-hydrogen) atoms. The highest BCUT2D eigenvalue weighted by Gasteiger charge is 2.00. The quantitative estimate of drug-likeness (QED) is 0.756. The molecule has 0 saturated heterocycles. The molecule has 66 valence electrons. The molecule has 0 saturated carbocycles. The number of hydrogen-bond donors (Lipinski definition) is 1. The second-order valence-electron chi connectivity index (χ2n) is 1.89. The van der Waals surface area contributed by atoms with E-state index in [-0.39, 0.29) is 24.8 Å². The molecule has 1 aromatic rings. The van der Waals surface area contributed by atoms with Crippen molar-refractivity contribution < 1.29 is 0 Å². The van der Waals surface area contributed by atoms with E-state index in [1.807, 2.05) is 6.07 Å². The Hall–Kier alpha value is -0.820. The maximum Gasteiger partial charge on any atom is 0.120 e. The first-order valence-corrected chi connectivity index (χ1v) is 2.89. The van der Waals surface area contributed by atoms with Crippen LogP contribution in [0.25, 0.3) is 0 Å². The molecule has 1 unspecified atom stereocenters. The molecule has 1 atom stereocenters. The molecular formula is C7H9Cl2N3. The van der Waals surface area contributed by atoms with Crippen molar-refractivity contribution in [3.8, 4) is 6.07 Å². The van der Waals surface area contributed by atoms with Crippen molar-refractivity contribution >= 4 is 24.8 Å². The summed E-state index contributed by atoms with van der Waals surface area (Å²) in [5.74, 6) is 0. The Balaban J connectivity index is 0. The van der Waals surface area contributed by atoms with E-state index in [9.17, 15) is 0 Å². The fourth-order valence-corrected chi connectivity index (χ4v) is 0.634. The van der Waals surface area contributed by atoms with E-state index in [0.29, 0.717) is 0 Å². The van der Waals surface area contributed by atoms with E-state index in [0.717, 1.165) is 5.56 Å². The van der Waals surface area contributed by atoms with Crippen LogP contribution < -0.4 is 5.73 Å². The Labute approximate surface area is 83.4 Å². The van der Waals surface area contributed by atoms with Crippen molar-refractivity contribution in [2.75, 3.05) is 0 Å². The normalized spacial score (nSPS) is 10.0. The largest absolute Gasteiger partial charge is 0.312 e. The van der Waals surface area contributed by atoms with Gasteiger partial charge in [0.25, 0.3) is 0 Å². The Morgan fingerprint density at radius 2 is 2.17 bits per heavy atom. The minimum absolute atomic E-state index is 0. The molecule has 0 fully saturated rings. The van der Waals surface area contributed by atoms with Crippen LogP contribution in [0.2, 0.25) is 0 Å². The number of nitrogens with zero attached hydrogens (tertiary/aromatic N) is 2. The number of nitriles is 1. The summed E-state index contributed by atoms with van der Waals surface area (Å²) in [5, 5.41) is 8.39. The lowest BCUT2D eigenvalue weighted by Gasteiger charge is -1.98. The van der Waals surface area contributed by atoms with Gasteiger partial charge in [0.1, 0.15) is 6.04 Å². The first-order chi connectivity index (χ1) is 4.84. The highest BCUT2D eigenvalue weighted by atomic mass is 35.5. The highest BCUT2D eigenvalue weighted by molar-refractivity contribution is 5.85. The number of halogens is 2. The van der Waals surface area contributed by atoms with E-state index in [2.05, 4.69) is 4.98 Å². The van der Waals surface area contributed by atoms with Gasteiger partial charge in [-0.1, -0.05) is 6.07 Å². The fourth-order valence-electron chi connectivity index (χ4n) is 0.634. The first kappa shape index (κ1) is 13.7. The molecule has 0 bridgehead atoms. The van der Waals surface area contributed by atoms with E-state index < -0.39 is 6.04 Å². The summed E-state index contributed by atoms with van der Waals surface area (Å²) in [6, 6.07) is 4.91. The van der Waals surface area contributed by atoms with Crippen LogP contribution in [-0.4, -0.2) is 4.98 Å². The minimum atomic E-state index is -0.548. The molecule has 0 radical (unpaired) electrons. The van der Waals surface area contributed by atoms with E-state index in [1.54, 1.807) is 24.5 Å². The molecule has 0 aliphatic heterocycles. The van der Waals surface area contributed by atoms with Crippen molar-refractivity contribution in [2.24, 2.45) is 5.73 Å². The zero-order valence-corrected chi connectivity index (χ0v) is 7.81. The average Bonchev–Trinajstić information content (AvgIpc) is 2.05. The average molecular weight is 206 g/mol. The van der Waals surface area contributed by atoms with E-state index >= 15 is 0 Å². The van der Waals surface area contributed by atoms with Crippen molar-refractivity contribution in [3.63, 3.8) is 0 Å². The van der Waals surface area contributed by atoms with E-state index in [1.165, 1.54) is 0 Å². The first-order valence-electron chi connectivity index (χ1n) is 2.89. The summed E-state index contributed by atoms with van der Waals surface area (Å²) in [5.41, 5.74) is 6.15. The third kappa shape index (κ3) is 3.54. The van der Waals surface area contributed by atoms with Crippen LogP contribution in [0.1, 0.15) is 11.6 Å². The number of rotatable bonds is 1. The monoisotopic (exact) mass is 205 g/mol. The van der Waals surface area contributed by atoms with Crippen LogP contribution in [-0.2, 0) is 0 Å². The molecule has 1 aromatic heterocycles. The van der Waals surface area contributed by atoms with Gasteiger partial charge in [0.05, 0.1) is 6.07 Å². The molecule has 0 amide bonds. The molecule has 1 heterocycles. The maximum absolute atomic E-state index is 8.39. The topological polar surface area (TPSA) is 62.7 Å². The molecule has 0 spiro atoms. The zero-order valence-electron chi connectivity index (χ0n) is 6.18. The number of hydrogen-bond acceptors (Lipinski definition) is 3. The van der Waals surface area contributed by atoms with Crippen LogP contribution in [0, 0.1) is 11.3 Å². The fraction of sp³-hybridized carbons (Fsp3) is 0.143. The van der Waals surface area contributed by atoms with Gasteiger partial charge in [-0.15, -0.1) is 24.8 Å². The van der Waals surface area contributed by atoms with E-state index in [4.69, 9.17) is 11.0 Å². The van der Waals surface area contributed by atoms with Gasteiger partial charge in [-0.25, -0.2) is 0 Å². The Bertz CT molecular complexity index is 245. The molecule has 0 aromatic carbocycles. The minimum Gasteiger partial charge on any atom is -0.312 e. The smallest absolute Gasteiger partial charge is 0.120 e. The van der Waals surface area contributed by atoms with Crippen LogP contribution in [0.4, 0.5) is 0 Å². The lowest BCUT2D eigenvalue weighted by Crippen LogP contribution is -2.06. The summed E-state index contributed by atoms with van der Waals surface area (Å²) in [7, 11) is 0. The SMILES string of the molecule is Cl.Cl.N#CC(N)c1cccnc1. The molecule has 5 heteroatoms. The molecule has 0 aliphatic rings. The third-order valence-electron chi connectivity index (χ3n) is 1.18. The predicted molar refractivity (Wildman–Crippen MR) is 51.3 cm³/mol. The lowest BCUT2D eigenvalue weighted by atomic mass is 10.1. The third-order valence-corrected chi connectivity index (χ3v) is 1.18. The van der Waals surface area contributed by atoms with Gasteiger partial charge in [0.15, 0.2) is 0 Å². The summed E-state index contributed by atoms with van der Waals surface area (Å²) in [6.45, 7) is 0. The van der Waals surface area contributed by atoms with Gasteiger partial charge in [-0.05, 0) is 6.07 Å². The second kappa shape index (κ2) is 6.86. The molecule has 1 rings (SSSR count). The zero-order chi connectivity index (χ0) is 7.40. The van der Waals surface area contributed by atoms with Crippen molar-refractivity contribution in [3.05, 3.63) is 30.1 Å². The van der Waals surface area contributed by atoms with Crippen LogP contribution >= 0.6 is 24.8 Å². The van der Waals surface area contributed by atoms with Crippen LogP contribution in [0.3, 0.4) is 0 Å². The van der Waals surface area contributed by atoms with Crippen molar-refractivity contribution in [2.45, 2.75) is 6.04 Å². The van der Waals surface area contributed by atoms with Crippen LogP contribution in [0.5, 0.6) is 0 Å². The van der Waals surface area contributed by atoms with Gasteiger partial charge < -0.3 is 5.73 Å². The summed E-state index contributed by atoms with van der Waals surface area (Å²) < 4.78 is 0. The number of aromatic nitrogens is 1. The molecule has 2 N–H and O–H groups in total.